The van der Waals surface area contributed by atoms with Crippen LogP contribution < -0.4 is 10.2 Å². The van der Waals surface area contributed by atoms with Gasteiger partial charge >= 0.3 is 4.87 Å². The van der Waals surface area contributed by atoms with E-state index in [2.05, 4.69) is 10.3 Å². The summed E-state index contributed by atoms with van der Waals surface area (Å²) in [7, 11) is 0. The monoisotopic (exact) mass is 300 g/mol. The summed E-state index contributed by atoms with van der Waals surface area (Å²) in [4.78, 5) is 14.0. The molecule has 6 heteroatoms. The molecule has 3 heterocycles. The van der Waals surface area contributed by atoms with E-state index in [4.69, 9.17) is 4.74 Å². The molecule has 2 saturated heterocycles. The zero-order chi connectivity index (χ0) is 13.1. The summed E-state index contributed by atoms with van der Waals surface area (Å²) in [6.45, 7) is 1.62. The molecule has 3 rings (SSSR count). The molecular weight excluding hydrogens is 280 g/mol. The van der Waals surface area contributed by atoms with Gasteiger partial charge in [0.05, 0.1) is 5.60 Å². The van der Waals surface area contributed by atoms with Crippen molar-refractivity contribution in [3.63, 3.8) is 0 Å². The van der Waals surface area contributed by atoms with Crippen molar-refractivity contribution in [3.05, 3.63) is 20.7 Å². The Hall–Kier alpha value is -0.300. The normalized spacial score (nSPS) is 26.6. The summed E-state index contributed by atoms with van der Waals surface area (Å²) in [5.41, 5.74) is 1.12. The van der Waals surface area contributed by atoms with Crippen LogP contribution >= 0.6 is 23.1 Å². The van der Waals surface area contributed by atoms with Crippen molar-refractivity contribution in [3.8, 4) is 0 Å². The van der Waals surface area contributed by atoms with Crippen molar-refractivity contribution in [1.29, 1.82) is 0 Å². The molecule has 0 aliphatic carbocycles. The number of hydrogen-bond acceptors (Lipinski definition) is 5. The van der Waals surface area contributed by atoms with Crippen LogP contribution in [-0.2, 0) is 11.3 Å². The highest BCUT2D eigenvalue weighted by atomic mass is 32.2. The Morgan fingerprint density at radius 3 is 3.05 bits per heavy atom. The van der Waals surface area contributed by atoms with E-state index < -0.39 is 0 Å². The van der Waals surface area contributed by atoms with Gasteiger partial charge in [-0.3, -0.25) is 4.79 Å². The lowest BCUT2D eigenvalue weighted by Gasteiger charge is -2.43. The topological polar surface area (TPSA) is 54.1 Å². The molecular formula is C13H20N2O2S2. The molecule has 0 amide bonds. The first-order chi connectivity index (χ1) is 9.26. The number of H-pyrrole nitrogens is 1. The van der Waals surface area contributed by atoms with E-state index in [-0.39, 0.29) is 10.5 Å². The summed E-state index contributed by atoms with van der Waals surface area (Å²) in [6, 6.07) is 0.514. The van der Waals surface area contributed by atoms with E-state index >= 15 is 0 Å². The van der Waals surface area contributed by atoms with Crippen molar-refractivity contribution >= 4 is 23.1 Å². The Morgan fingerprint density at radius 1 is 1.47 bits per heavy atom. The van der Waals surface area contributed by atoms with Gasteiger partial charge in [-0.25, -0.2) is 0 Å². The maximum Gasteiger partial charge on any atom is 0.304 e. The smallest absolute Gasteiger partial charge is 0.304 e. The average Bonchev–Trinajstić information content (AvgIpc) is 2.83. The van der Waals surface area contributed by atoms with Crippen LogP contribution in [0.2, 0.25) is 0 Å². The van der Waals surface area contributed by atoms with Crippen molar-refractivity contribution in [1.82, 2.24) is 10.3 Å². The van der Waals surface area contributed by atoms with Gasteiger partial charge in [0.2, 0.25) is 0 Å². The fraction of sp³-hybridized carbons (Fsp3) is 0.769. The molecule has 2 fully saturated rings. The molecule has 1 spiro atoms. The highest BCUT2D eigenvalue weighted by Gasteiger charge is 2.38. The standard InChI is InChI=1S/C13H20N2O2S2/c16-12-15-11(9-19-12)8-14-10-1-4-17-13(7-10)2-5-18-6-3-13/h9-10,14H,1-8H2,(H,15,16). The van der Waals surface area contributed by atoms with Crippen molar-refractivity contribution in [2.24, 2.45) is 0 Å². The third-order valence-electron chi connectivity index (χ3n) is 4.05. The first-order valence-corrected chi connectivity index (χ1v) is 8.91. The zero-order valence-corrected chi connectivity index (χ0v) is 12.6. The summed E-state index contributed by atoms with van der Waals surface area (Å²) >= 11 is 3.27. The van der Waals surface area contributed by atoms with Gasteiger partial charge in [-0.15, -0.1) is 0 Å². The molecule has 19 heavy (non-hydrogen) atoms. The molecule has 4 nitrogen and oxygen atoms in total. The second kappa shape index (κ2) is 5.99. The molecule has 1 atom stereocenters. The Kier molecular flexibility index (Phi) is 4.31. The maximum atomic E-state index is 11.1. The van der Waals surface area contributed by atoms with Crippen LogP contribution in [0.15, 0.2) is 10.2 Å². The number of ether oxygens (including phenoxy) is 1. The molecule has 0 aromatic carbocycles. The molecule has 106 valence electrons. The maximum absolute atomic E-state index is 11.1. The number of rotatable bonds is 3. The molecule has 1 aromatic rings. The fourth-order valence-corrected chi connectivity index (χ4v) is 4.77. The molecule has 2 N–H and O–H groups in total. The lowest BCUT2D eigenvalue weighted by atomic mass is 9.85. The van der Waals surface area contributed by atoms with E-state index in [1.54, 1.807) is 0 Å². The third kappa shape index (κ3) is 3.42. The van der Waals surface area contributed by atoms with Crippen LogP contribution in [0.25, 0.3) is 0 Å². The predicted octanol–water partition coefficient (Wildman–Crippen LogP) is 1.97. The second-order valence-corrected chi connectivity index (χ2v) is 7.45. The van der Waals surface area contributed by atoms with Crippen LogP contribution in [0.3, 0.4) is 0 Å². The lowest BCUT2D eigenvalue weighted by Crippen LogP contribution is -2.48. The predicted molar refractivity (Wildman–Crippen MR) is 80.0 cm³/mol. The van der Waals surface area contributed by atoms with Crippen LogP contribution in [0.5, 0.6) is 0 Å². The van der Waals surface area contributed by atoms with Gasteiger partial charge in [0.25, 0.3) is 0 Å². The minimum absolute atomic E-state index is 0.0320. The average molecular weight is 300 g/mol. The van der Waals surface area contributed by atoms with Crippen molar-refractivity contribution in [2.45, 2.75) is 43.9 Å². The van der Waals surface area contributed by atoms with E-state index in [9.17, 15) is 4.79 Å². The Labute approximate surface area is 121 Å². The Balaban J connectivity index is 1.54. The molecule has 0 radical (unpaired) electrons. The number of aromatic nitrogens is 1. The van der Waals surface area contributed by atoms with Gasteiger partial charge in [-0.1, -0.05) is 11.3 Å². The highest BCUT2D eigenvalue weighted by molar-refractivity contribution is 7.99. The van der Waals surface area contributed by atoms with Gasteiger partial charge in [0, 0.05) is 30.3 Å². The molecule has 1 unspecified atom stereocenters. The number of thiazole rings is 1. The van der Waals surface area contributed by atoms with Crippen LogP contribution in [-0.4, -0.2) is 34.7 Å². The van der Waals surface area contributed by atoms with E-state index in [1.165, 1.54) is 35.7 Å². The van der Waals surface area contributed by atoms with Crippen molar-refractivity contribution in [2.75, 3.05) is 18.1 Å². The van der Waals surface area contributed by atoms with Crippen LogP contribution in [0, 0.1) is 0 Å². The largest absolute Gasteiger partial charge is 0.375 e. The minimum atomic E-state index is 0.0320. The summed E-state index contributed by atoms with van der Waals surface area (Å²) < 4.78 is 6.08. The van der Waals surface area contributed by atoms with Gasteiger partial charge < -0.3 is 15.0 Å². The SMILES string of the molecule is O=c1[nH]c(CNC2CCOC3(CCSCC3)C2)cs1. The molecule has 1 aromatic heterocycles. The highest BCUT2D eigenvalue weighted by Crippen LogP contribution is 2.37. The van der Waals surface area contributed by atoms with Gasteiger partial charge in [-0.2, -0.15) is 11.8 Å². The van der Waals surface area contributed by atoms with E-state index in [1.807, 2.05) is 17.1 Å². The van der Waals surface area contributed by atoms with E-state index in [0.717, 1.165) is 31.7 Å². The molecule has 2 aliphatic rings. The molecule has 0 bridgehead atoms. The van der Waals surface area contributed by atoms with E-state index in [0.29, 0.717) is 6.04 Å². The zero-order valence-electron chi connectivity index (χ0n) is 10.9. The minimum Gasteiger partial charge on any atom is -0.375 e. The number of nitrogens with one attached hydrogen (secondary N) is 2. The summed E-state index contributed by atoms with van der Waals surface area (Å²) in [6.07, 6.45) is 4.56. The molecule has 0 saturated carbocycles. The lowest BCUT2D eigenvalue weighted by molar-refractivity contribution is -0.0933. The van der Waals surface area contributed by atoms with Gasteiger partial charge in [0.15, 0.2) is 0 Å². The molecule has 2 aliphatic heterocycles. The Bertz CT molecular complexity index is 460. The third-order valence-corrected chi connectivity index (χ3v) is 5.75. The first-order valence-electron chi connectivity index (χ1n) is 6.88. The van der Waals surface area contributed by atoms with Gasteiger partial charge in [0.1, 0.15) is 0 Å². The van der Waals surface area contributed by atoms with Crippen molar-refractivity contribution < 1.29 is 4.74 Å². The second-order valence-electron chi connectivity index (χ2n) is 5.39. The fourth-order valence-electron chi connectivity index (χ4n) is 2.95. The quantitative estimate of drug-likeness (QED) is 0.896. The van der Waals surface area contributed by atoms with Crippen LogP contribution in [0.4, 0.5) is 0 Å². The first kappa shape index (κ1) is 13.7. The summed E-state index contributed by atoms with van der Waals surface area (Å²) in [5, 5.41) is 5.48. The number of hydrogen-bond donors (Lipinski definition) is 2. The number of aromatic amines is 1. The Morgan fingerprint density at radius 2 is 2.32 bits per heavy atom. The number of thioether (sulfide) groups is 1. The van der Waals surface area contributed by atoms with Crippen LogP contribution in [0.1, 0.15) is 31.4 Å². The van der Waals surface area contributed by atoms with Gasteiger partial charge in [-0.05, 0) is 37.2 Å². The summed E-state index contributed by atoms with van der Waals surface area (Å²) in [5.74, 6) is 2.45.